The quantitative estimate of drug-likeness (QED) is 0.779. The Morgan fingerprint density at radius 2 is 1.67 bits per heavy atom. The van der Waals surface area contributed by atoms with Crippen LogP contribution in [0, 0.1) is 5.92 Å². The fourth-order valence-corrected chi connectivity index (χ4v) is 5.08. The Morgan fingerprint density at radius 1 is 1.08 bits per heavy atom. The van der Waals surface area contributed by atoms with Crippen LogP contribution in [-0.2, 0) is 14.8 Å². The van der Waals surface area contributed by atoms with Gasteiger partial charge in [-0.3, -0.25) is 9.69 Å². The van der Waals surface area contributed by atoms with Crippen LogP contribution in [0.4, 0.5) is 0 Å². The molecule has 0 radical (unpaired) electrons. The lowest BCUT2D eigenvalue weighted by molar-refractivity contribution is -0.126. The molecule has 7 heteroatoms. The maximum absolute atomic E-state index is 12.3. The van der Waals surface area contributed by atoms with Crippen LogP contribution in [0.3, 0.4) is 0 Å². The first-order chi connectivity index (χ1) is 11.3. The number of hydrogen-bond acceptors (Lipinski definition) is 4. The van der Waals surface area contributed by atoms with Gasteiger partial charge < -0.3 is 5.32 Å². The smallest absolute Gasteiger partial charge is 0.223 e. The number of sulfonamides is 1. The number of hydrogen-bond donors (Lipinski definition) is 1. The van der Waals surface area contributed by atoms with E-state index in [4.69, 9.17) is 0 Å². The van der Waals surface area contributed by atoms with Gasteiger partial charge in [-0.05, 0) is 46.5 Å². The van der Waals surface area contributed by atoms with Gasteiger partial charge in [0, 0.05) is 44.2 Å². The van der Waals surface area contributed by atoms with E-state index in [-0.39, 0.29) is 17.6 Å². The van der Waals surface area contributed by atoms with Crippen molar-refractivity contribution in [1.82, 2.24) is 14.5 Å². The fourth-order valence-electron chi connectivity index (χ4n) is 3.95. The van der Waals surface area contributed by atoms with E-state index in [1.807, 2.05) is 0 Å². The van der Waals surface area contributed by atoms with Gasteiger partial charge in [0.2, 0.25) is 15.9 Å². The number of likely N-dealkylation sites (tertiary alicyclic amines) is 1. The van der Waals surface area contributed by atoms with Crippen molar-refractivity contribution >= 4 is 15.9 Å². The Bertz CT molecular complexity index is 505. The molecule has 6 nitrogen and oxygen atoms in total. The largest absolute Gasteiger partial charge is 0.355 e. The Labute approximate surface area is 147 Å². The molecule has 2 aliphatic heterocycles. The number of rotatable bonds is 6. The third kappa shape index (κ3) is 4.92. The van der Waals surface area contributed by atoms with E-state index < -0.39 is 10.0 Å². The molecule has 0 unspecified atom stereocenters. The highest BCUT2D eigenvalue weighted by Gasteiger charge is 2.30. The van der Waals surface area contributed by atoms with Crippen molar-refractivity contribution in [3.63, 3.8) is 0 Å². The number of piperidine rings is 2. The summed E-state index contributed by atoms with van der Waals surface area (Å²) in [6.45, 7) is 8.71. The minimum Gasteiger partial charge on any atom is -0.355 e. The summed E-state index contributed by atoms with van der Waals surface area (Å²) >= 11 is 0. The molecule has 2 heterocycles. The van der Waals surface area contributed by atoms with E-state index in [9.17, 15) is 13.2 Å². The molecule has 24 heavy (non-hydrogen) atoms. The zero-order chi connectivity index (χ0) is 17.7. The number of carbonyl (C=O) groups excluding carboxylic acids is 1. The van der Waals surface area contributed by atoms with Crippen molar-refractivity contribution < 1.29 is 13.2 Å². The Hall–Kier alpha value is -0.660. The molecule has 140 valence electrons. The van der Waals surface area contributed by atoms with Crippen molar-refractivity contribution in [2.45, 2.75) is 65.0 Å². The van der Waals surface area contributed by atoms with E-state index in [1.54, 1.807) is 6.92 Å². The van der Waals surface area contributed by atoms with Crippen LogP contribution in [0.5, 0.6) is 0 Å². The van der Waals surface area contributed by atoms with Crippen LogP contribution in [0.1, 0.15) is 52.9 Å². The molecule has 0 bridgehead atoms. The van der Waals surface area contributed by atoms with Gasteiger partial charge in [0.15, 0.2) is 0 Å². The SMILES string of the molecule is CCS(=O)(=O)N1CCC(C(=O)NCCN2[C@H](C)CCC[C@@H]2C)CC1. The zero-order valence-corrected chi connectivity index (χ0v) is 16.1. The van der Waals surface area contributed by atoms with E-state index in [0.717, 1.165) is 6.54 Å². The Kier molecular flexibility index (Phi) is 7.07. The van der Waals surface area contributed by atoms with Crippen LogP contribution in [0.25, 0.3) is 0 Å². The van der Waals surface area contributed by atoms with Crippen LogP contribution in [-0.4, -0.2) is 67.5 Å². The predicted octanol–water partition coefficient (Wildman–Crippen LogP) is 1.43. The van der Waals surface area contributed by atoms with E-state index in [2.05, 4.69) is 24.1 Å². The molecule has 2 aliphatic rings. The number of nitrogens with zero attached hydrogens (tertiary/aromatic N) is 2. The van der Waals surface area contributed by atoms with E-state index >= 15 is 0 Å². The molecule has 0 spiro atoms. The highest BCUT2D eigenvalue weighted by atomic mass is 32.2. The zero-order valence-electron chi connectivity index (χ0n) is 15.3. The normalized spacial score (nSPS) is 28.0. The lowest BCUT2D eigenvalue weighted by atomic mass is 9.97. The van der Waals surface area contributed by atoms with Gasteiger partial charge in [-0.2, -0.15) is 0 Å². The summed E-state index contributed by atoms with van der Waals surface area (Å²) in [4.78, 5) is 14.8. The minimum atomic E-state index is -3.12. The lowest BCUT2D eigenvalue weighted by Crippen LogP contribution is -2.48. The molecule has 2 fully saturated rings. The monoisotopic (exact) mass is 359 g/mol. The van der Waals surface area contributed by atoms with E-state index in [1.165, 1.54) is 23.6 Å². The van der Waals surface area contributed by atoms with Gasteiger partial charge in [-0.15, -0.1) is 0 Å². The molecule has 0 aromatic carbocycles. The second-order valence-corrected chi connectivity index (χ2v) is 9.49. The highest BCUT2D eigenvalue weighted by molar-refractivity contribution is 7.89. The predicted molar refractivity (Wildman–Crippen MR) is 96.2 cm³/mol. The third-order valence-electron chi connectivity index (χ3n) is 5.63. The van der Waals surface area contributed by atoms with Crippen LogP contribution in [0.2, 0.25) is 0 Å². The van der Waals surface area contributed by atoms with Crippen LogP contribution >= 0.6 is 0 Å². The van der Waals surface area contributed by atoms with Gasteiger partial charge >= 0.3 is 0 Å². The summed E-state index contributed by atoms with van der Waals surface area (Å²) < 4.78 is 25.2. The fraction of sp³-hybridized carbons (Fsp3) is 0.941. The maximum atomic E-state index is 12.3. The molecule has 0 aliphatic carbocycles. The molecule has 1 amide bonds. The summed E-state index contributed by atoms with van der Waals surface area (Å²) in [6, 6.07) is 1.18. The molecule has 0 aromatic rings. The molecule has 2 rings (SSSR count). The average Bonchev–Trinajstić information content (AvgIpc) is 2.57. The van der Waals surface area contributed by atoms with Crippen molar-refractivity contribution in [3.05, 3.63) is 0 Å². The topological polar surface area (TPSA) is 69.7 Å². The van der Waals surface area contributed by atoms with Gasteiger partial charge in [-0.25, -0.2) is 12.7 Å². The van der Waals surface area contributed by atoms with Gasteiger partial charge in [-0.1, -0.05) is 6.42 Å². The second-order valence-electron chi connectivity index (χ2n) is 7.23. The van der Waals surface area contributed by atoms with Crippen molar-refractivity contribution in [1.29, 1.82) is 0 Å². The summed E-state index contributed by atoms with van der Waals surface area (Å²) in [7, 11) is -3.12. The first kappa shape index (κ1) is 19.7. The number of carbonyl (C=O) groups is 1. The molecule has 0 aromatic heterocycles. The first-order valence-electron chi connectivity index (χ1n) is 9.36. The maximum Gasteiger partial charge on any atom is 0.223 e. The summed E-state index contributed by atoms with van der Waals surface area (Å²) in [6.07, 6.45) is 5.03. The van der Waals surface area contributed by atoms with Gasteiger partial charge in [0.05, 0.1) is 5.75 Å². The molecule has 2 saturated heterocycles. The van der Waals surface area contributed by atoms with Gasteiger partial charge in [0.1, 0.15) is 0 Å². The molecule has 1 N–H and O–H groups in total. The second kappa shape index (κ2) is 8.63. The van der Waals surface area contributed by atoms with Gasteiger partial charge in [0.25, 0.3) is 0 Å². The summed E-state index contributed by atoms with van der Waals surface area (Å²) in [5.74, 6) is 0.168. The molecular formula is C17H33N3O3S. The van der Waals surface area contributed by atoms with Crippen LogP contribution in [0.15, 0.2) is 0 Å². The minimum absolute atomic E-state index is 0.0514. The number of amides is 1. The molecule has 0 saturated carbocycles. The van der Waals surface area contributed by atoms with Crippen molar-refractivity contribution in [2.75, 3.05) is 31.9 Å². The number of nitrogens with one attached hydrogen (secondary N) is 1. The van der Waals surface area contributed by atoms with Crippen molar-refractivity contribution in [2.24, 2.45) is 5.92 Å². The molecular weight excluding hydrogens is 326 g/mol. The Morgan fingerprint density at radius 3 is 2.21 bits per heavy atom. The average molecular weight is 360 g/mol. The van der Waals surface area contributed by atoms with Crippen molar-refractivity contribution in [3.8, 4) is 0 Å². The molecule has 2 atom stereocenters. The Balaban J connectivity index is 1.72. The highest BCUT2D eigenvalue weighted by Crippen LogP contribution is 2.22. The van der Waals surface area contributed by atoms with E-state index in [0.29, 0.717) is 44.6 Å². The summed E-state index contributed by atoms with van der Waals surface area (Å²) in [5, 5.41) is 3.06. The third-order valence-corrected chi connectivity index (χ3v) is 7.51. The standard InChI is InChI=1S/C17H33N3O3S/c1-4-24(22,23)19-11-8-16(9-12-19)17(21)18-10-13-20-14(2)6-5-7-15(20)3/h14-16H,4-13H2,1-3H3,(H,18,21)/t14-,15+. The first-order valence-corrected chi connectivity index (χ1v) is 11.0. The van der Waals surface area contributed by atoms with Crippen LogP contribution < -0.4 is 5.32 Å². The lowest BCUT2D eigenvalue weighted by Gasteiger charge is -2.39. The summed E-state index contributed by atoms with van der Waals surface area (Å²) in [5.41, 5.74) is 0.